The molecule has 0 amide bonds. The maximum Gasteiger partial charge on any atom is 0.261 e. The second kappa shape index (κ2) is 9.55. The lowest BCUT2D eigenvalue weighted by Crippen LogP contribution is -2.35. The van der Waals surface area contributed by atoms with E-state index in [9.17, 15) is 9.59 Å². The minimum Gasteiger partial charge on any atom is -0.456 e. The van der Waals surface area contributed by atoms with Crippen LogP contribution in [0.3, 0.4) is 0 Å². The summed E-state index contributed by atoms with van der Waals surface area (Å²) in [5.74, 6) is 0.322. The van der Waals surface area contributed by atoms with Crippen LogP contribution in [0.5, 0.6) is 0 Å². The maximum absolute atomic E-state index is 13.7. The summed E-state index contributed by atoms with van der Waals surface area (Å²) in [6, 6.07) is 14.2. The zero-order chi connectivity index (χ0) is 27.4. The molecule has 0 aliphatic carbocycles. The van der Waals surface area contributed by atoms with Crippen LogP contribution in [-0.4, -0.2) is 4.57 Å². The van der Waals surface area contributed by atoms with E-state index in [4.69, 9.17) is 4.42 Å². The van der Waals surface area contributed by atoms with Crippen molar-refractivity contribution in [1.29, 1.82) is 0 Å². The van der Waals surface area contributed by atoms with E-state index in [0.29, 0.717) is 28.8 Å². The number of hydrogen-bond acceptors (Lipinski definition) is 3. The van der Waals surface area contributed by atoms with E-state index in [2.05, 4.69) is 66.7 Å². The van der Waals surface area contributed by atoms with Gasteiger partial charge >= 0.3 is 0 Å². The fourth-order valence-corrected chi connectivity index (χ4v) is 6.65. The summed E-state index contributed by atoms with van der Waals surface area (Å²) in [4.78, 5) is 27.4. The van der Waals surface area contributed by atoms with Crippen molar-refractivity contribution in [1.82, 2.24) is 4.57 Å². The van der Waals surface area contributed by atoms with Gasteiger partial charge in [-0.3, -0.25) is 14.2 Å². The molecule has 4 nitrogen and oxygen atoms in total. The van der Waals surface area contributed by atoms with Crippen LogP contribution in [0.2, 0.25) is 0 Å². The van der Waals surface area contributed by atoms with E-state index in [1.165, 1.54) is 10.1 Å². The first-order chi connectivity index (χ1) is 17.9. The maximum atomic E-state index is 13.7. The molecule has 0 radical (unpaired) electrons. The molecule has 200 valence electrons. The Labute approximate surface area is 225 Å². The molecule has 0 aliphatic rings. The Balaban J connectivity index is 1.75. The number of rotatable bonds is 8. The van der Waals surface area contributed by atoms with Crippen molar-refractivity contribution in [3.05, 3.63) is 68.7 Å². The lowest BCUT2D eigenvalue weighted by molar-refractivity contribution is 0.284. The van der Waals surface area contributed by atoms with Gasteiger partial charge in [-0.2, -0.15) is 0 Å². The zero-order valence-corrected chi connectivity index (χ0v) is 24.0. The van der Waals surface area contributed by atoms with Crippen molar-refractivity contribution >= 4 is 43.5 Å². The van der Waals surface area contributed by atoms with Crippen molar-refractivity contribution < 1.29 is 4.42 Å². The minimum absolute atomic E-state index is 0.0140. The summed E-state index contributed by atoms with van der Waals surface area (Å²) in [6.07, 6.45) is 5.25. The number of hydrogen-bond donors (Lipinski definition) is 0. The smallest absolute Gasteiger partial charge is 0.261 e. The summed E-state index contributed by atoms with van der Waals surface area (Å²) in [5, 5.41) is 4.85. The van der Waals surface area contributed by atoms with Crippen LogP contribution in [0.15, 0.2) is 56.5 Å². The number of unbranched alkanes of at least 4 members (excludes halogenated alkanes) is 1. The second-order valence-electron chi connectivity index (χ2n) is 13.1. The highest BCUT2D eigenvalue weighted by atomic mass is 16.3. The Kier molecular flexibility index (Phi) is 6.65. The molecule has 0 aliphatic heterocycles. The lowest BCUT2D eigenvalue weighted by atomic mass is 9.72. The predicted molar refractivity (Wildman–Crippen MR) is 161 cm³/mol. The van der Waals surface area contributed by atoms with Gasteiger partial charge in [0.2, 0.25) is 0 Å². The third-order valence-electron chi connectivity index (χ3n) is 8.30. The van der Waals surface area contributed by atoms with Crippen LogP contribution in [0.25, 0.3) is 43.5 Å². The van der Waals surface area contributed by atoms with Crippen LogP contribution < -0.4 is 11.1 Å². The first-order valence-electron chi connectivity index (χ1n) is 14.2. The van der Waals surface area contributed by atoms with Crippen LogP contribution in [-0.2, 0) is 12.0 Å². The van der Waals surface area contributed by atoms with Crippen molar-refractivity contribution in [2.75, 3.05) is 0 Å². The largest absolute Gasteiger partial charge is 0.456 e. The Morgan fingerprint density at radius 3 is 2.05 bits per heavy atom. The van der Waals surface area contributed by atoms with Gasteiger partial charge < -0.3 is 4.42 Å². The van der Waals surface area contributed by atoms with E-state index in [1.807, 2.05) is 24.3 Å². The highest BCUT2D eigenvalue weighted by Gasteiger charge is 2.28. The predicted octanol–water partition coefficient (Wildman–Crippen LogP) is 8.78. The molecule has 4 heteroatoms. The van der Waals surface area contributed by atoms with Gasteiger partial charge in [-0.15, -0.1) is 0 Å². The highest BCUT2D eigenvalue weighted by molar-refractivity contribution is 6.26. The lowest BCUT2D eigenvalue weighted by Gasteiger charge is -2.33. The van der Waals surface area contributed by atoms with Gasteiger partial charge in [-0.25, -0.2) is 0 Å². The molecular formula is C34H41NO3. The van der Waals surface area contributed by atoms with Crippen molar-refractivity contribution in [2.24, 2.45) is 11.3 Å². The van der Waals surface area contributed by atoms with Crippen LogP contribution in [0.1, 0.15) is 86.1 Å². The first kappa shape index (κ1) is 26.5. The third kappa shape index (κ3) is 4.52. The van der Waals surface area contributed by atoms with Crippen LogP contribution in [0.4, 0.5) is 0 Å². The molecule has 1 unspecified atom stereocenters. The van der Waals surface area contributed by atoms with Gasteiger partial charge in [-0.05, 0) is 70.9 Å². The van der Waals surface area contributed by atoms with Crippen molar-refractivity contribution in [2.45, 2.75) is 92.5 Å². The van der Waals surface area contributed by atoms with Crippen molar-refractivity contribution in [3.63, 3.8) is 0 Å². The third-order valence-corrected chi connectivity index (χ3v) is 8.30. The fourth-order valence-electron chi connectivity index (χ4n) is 6.65. The Morgan fingerprint density at radius 2 is 1.42 bits per heavy atom. The highest BCUT2D eigenvalue weighted by Crippen LogP contribution is 2.41. The molecule has 0 spiro atoms. The Bertz CT molecular complexity index is 1710. The quantitative estimate of drug-likeness (QED) is 0.154. The molecule has 5 rings (SSSR count). The zero-order valence-electron chi connectivity index (χ0n) is 24.0. The fraction of sp³-hybridized carbons (Fsp3) is 0.471. The summed E-state index contributed by atoms with van der Waals surface area (Å²) in [5.41, 5.74) is 2.59. The molecule has 0 N–H and O–H groups in total. The van der Waals surface area contributed by atoms with Crippen molar-refractivity contribution in [3.8, 4) is 0 Å². The number of pyridine rings is 1. The molecule has 38 heavy (non-hydrogen) atoms. The number of nitrogens with zero attached hydrogens (tertiary/aromatic N) is 1. The minimum atomic E-state index is -0.188. The van der Waals surface area contributed by atoms with E-state index in [-0.39, 0.29) is 21.9 Å². The number of fused-ring (bicyclic) bond motifs is 2. The average Bonchev–Trinajstić information content (AvgIpc) is 2.86. The molecule has 2 aromatic heterocycles. The summed E-state index contributed by atoms with van der Waals surface area (Å²) in [6.45, 7) is 16.2. The molecule has 0 bridgehead atoms. The summed E-state index contributed by atoms with van der Waals surface area (Å²) < 4.78 is 7.86. The van der Waals surface area contributed by atoms with Gasteiger partial charge in [0.05, 0.1) is 0 Å². The Hall–Kier alpha value is -3.14. The number of aromatic nitrogens is 1. The second-order valence-corrected chi connectivity index (χ2v) is 13.1. The van der Waals surface area contributed by atoms with E-state index in [1.54, 1.807) is 0 Å². The topological polar surface area (TPSA) is 52.2 Å². The molecule has 0 fully saturated rings. The van der Waals surface area contributed by atoms with Gasteiger partial charge in [-0.1, -0.05) is 79.9 Å². The van der Waals surface area contributed by atoms with Crippen LogP contribution >= 0.6 is 0 Å². The molecule has 3 aromatic carbocycles. The van der Waals surface area contributed by atoms with Gasteiger partial charge in [0, 0.05) is 33.5 Å². The Morgan fingerprint density at radius 1 is 0.789 bits per heavy atom. The average molecular weight is 512 g/mol. The standard InChI is InChI=1S/C34H41NO3/c1-8-10-11-21(9-2)19-35-31(36)24-14-13-23-26-18-22(34(6,7)20-33(3,4)5)12-16-27(26)38-28-17-15-25(32(35)37)29(24)30(23)28/h12-18,21H,8-11,19-20H2,1-7H3. The monoisotopic (exact) mass is 511 g/mol. The van der Waals surface area contributed by atoms with Gasteiger partial charge in [0.1, 0.15) is 11.2 Å². The normalized spacial score (nSPS) is 13.9. The molecule has 0 saturated heterocycles. The molecular weight excluding hydrogens is 470 g/mol. The molecule has 2 heterocycles. The van der Waals surface area contributed by atoms with E-state index >= 15 is 0 Å². The van der Waals surface area contributed by atoms with E-state index in [0.717, 1.165) is 59.2 Å². The SMILES string of the molecule is CCCCC(CC)Cn1c(=O)c2ccc3oc4ccc(C(C)(C)CC(C)(C)C)cc4c4ccc(c1=O)c2c34. The first-order valence-corrected chi connectivity index (χ1v) is 14.2. The van der Waals surface area contributed by atoms with Gasteiger partial charge in [0.25, 0.3) is 11.1 Å². The molecule has 5 aromatic rings. The van der Waals surface area contributed by atoms with Gasteiger partial charge in [0.15, 0.2) is 0 Å². The molecule has 0 saturated carbocycles. The van der Waals surface area contributed by atoms with Crippen LogP contribution in [0, 0.1) is 11.3 Å². The summed E-state index contributed by atoms with van der Waals surface area (Å²) >= 11 is 0. The number of benzene rings is 3. The molecule has 1 atom stereocenters. The summed E-state index contributed by atoms with van der Waals surface area (Å²) in [7, 11) is 0. The van der Waals surface area contributed by atoms with E-state index < -0.39 is 0 Å².